The summed E-state index contributed by atoms with van der Waals surface area (Å²) in [6, 6.07) is 2.05. The van der Waals surface area contributed by atoms with E-state index in [1.54, 1.807) is 22.7 Å². The smallest absolute Gasteiger partial charge is 0.180 e. The van der Waals surface area contributed by atoms with Gasteiger partial charge in [0.25, 0.3) is 0 Å². The number of fused-ring (bicyclic) bond motifs is 2. The number of thiophene rings is 1. The first-order valence-corrected chi connectivity index (χ1v) is 8.11. The van der Waals surface area contributed by atoms with E-state index in [1.165, 1.54) is 4.88 Å². The van der Waals surface area contributed by atoms with Gasteiger partial charge in [0.05, 0.1) is 22.5 Å². The number of rotatable bonds is 1. The van der Waals surface area contributed by atoms with E-state index < -0.39 is 0 Å². The number of aryl methyl sites for hydroxylation is 1. The molecule has 0 fully saturated rings. The fraction of sp³-hybridized carbons (Fsp3) is 0.308. The lowest BCUT2D eigenvalue weighted by Crippen LogP contribution is -2.30. The molecule has 0 unspecified atom stereocenters. The molecule has 0 saturated heterocycles. The van der Waals surface area contributed by atoms with Crippen LogP contribution in [0.3, 0.4) is 0 Å². The SMILES string of the molecule is Cc1nc(N2CCc3nc(N)sc3C2)c2sccc2n1. The van der Waals surface area contributed by atoms with Gasteiger partial charge in [-0.1, -0.05) is 0 Å². The van der Waals surface area contributed by atoms with Crippen LogP contribution in [0.25, 0.3) is 10.2 Å². The Bertz CT molecular complexity index is 791. The highest BCUT2D eigenvalue weighted by atomic mass is 32.1. The monoisotopic (exact) mass is 303 g/mol. The third-order valence-electron chi connectivity index (χ3n) is 3.44. The van der Waals surface area contributed by atoms with Gasteiger partial charge >= 0.3 is 0 Å². The first-order valence-electron chi connectivity index (χ1n) is 6.41. The van der Waals surface area contributed by atoms with E-state index >= 15 is 0 Å². The summed E-state index contributed by atoms with van der Waals surface area (Å²) in [5.74, 6) is 1.86. The van der Waals surface area contributed by atoms with Crippen LogP contribution in [0.15, 0.2) is 11.4 Å². The molecule has 102 valence electrons. The molecule has 0 bridgehead atoms. The van der Waals surface area contributed by atoms with E-state index in [9.17, 15) is 0 Å². The lowest BCUT2D eigenvalue weighted by molar-refractivity contribution is 0.720. The molecule has 4 heterocycles. The summed E-state index contributed by atoms with van der Waals surface area (Å²) in [5, 5.41) is 2.74. The molecule has 1 aliphatic heterocycles. The Hall–Kier alpha value is -1.73. The van der Waals surface area contributed by atoms with Crippen molar-refractivity contribution in [3.63, 3.8) is 0 Å². The summed E-state index contributed by atoms with van der Waals surface area (Å²) in [5.41, 5.74) is 7.99. The molecule has 0 atom stereocenters. The second kappa shape index (κ2) is 4.39. The molecule has 0 amide bonds. The average molecular weight is 303 g/mol. The molecule has 0 aliphatic carbocycles. The van der Waals surface area contributed by atoms with Crippen LogP contribution in [0.2, 0.25) is 0 Å². The van der Waals surface area contributed by atoms with E-state index in [2.05, 4.69) is 31.3 Å². The summed E-state index contributed by atoms with van der Waals surface area (Å²) >= 11 is 3.28. The summed E-state index contributed by atoms with van der Waals surface area (Å²) in [6.45, 7) is 3.72. The van der Waals surface area contributed by atoms with Crippen LogP contribution in [-0.4, -0.2) is 21.5 Å². The number of thiazole rings is 1. The molecular formula is C13H13N5S2. The molecule has 3 aromatic rings. The van der Waals surface area contributed by atoms with Crippen LogP contribution < -0.4 is 10.6 Å². The van der Waals surface area contributed by atoms with Crippen LogP contribution >= 0.6 is 22.7 Å². The third kappa shape index (κ3) is 1.85. The Labute approximate surface area is 124 Å². The second-order valence-electron chi connectivity index (χ2n) is 4.82. The largest absolute Gasteiger partial charge is 0.375 e. The molecule has 3 aromatic heterocycles. The number of nitrogen functional groups attached to an aromatic ring is 1. The van der Waals surface area contributed by atoms with Gasteiger partial charge < -0.3 is 10.6 Å². The molecule has 0 spiro atoms. The summed E-state index contributed by atoms with van der Waals surface area (Å²) in [7, 11) is 0. The predicted octanol–water partition coefficient (Wildman–Crippen LogP) is 2.60. The summed E-state index contributed by atoms with van der Waals surface area (Å²) < 4.78 is 1.16. The van der Waals surface area contributed by atoms with E-state index in [-0.39, 0.29) is 0 Å². The van der Waals surface area contributed by atoms with Gasteiger partial charge in [0.15, 0.2) is 10.9 Å². The third-order valence-corrected chi connectivity index (χ3v) is 5.26. The van der Waals surface area contributed by atoms with Crippen LogP contribution in [0, 0.1) is 6.92 Å². The fourth-order valence-electron chi connectivity index (χ4n) is 2.57. The van der Waals surface area contributed by atoms with Gasteiger partial charge in [0, 0.05) is 17.8 Å². The molecule has 4 rings (SSSR count). The maximum absolute atomic E-state index is 5.81. The number of anilines is 2. The predicted molar refractivity (Wildman–Crippen MR) is 83.4 cm³/mol. The zero-order chi connectivity index (χ0) is 13.7. The van der Waals surface area contributed by atoms with Crippen LogP contribution in [0.4, 0.5) is 10.9 Å². The van der Waals surface area contributed by atoms with Crippen molar-refractivity contribution >= 4 is 43.8 Å². The summed E-state index contributed by atoms with van der Waals surface area (Å²) in [4.78, 5) is 17.1. The van der Waals surface area contributed by atoms with Crippen LogP contribution in [0.5, 0.6) is 0 Å². The van der Waals surface area contributed by atoms with Gasteiger partial charge in [-0.3, -0.25) is 0 Å². The maximum Gasteiger partial charge on any atom is 0.180 e. The summed E-state index contributed by atoms with van der Waals surface area (Å²) in [6.07, 6.45) is 0.930. The molecular weight excluding hydrogens is 290 g/mol. The Morgan fingerprint density at radius 3 is 3.10 bits per heavy atom. The molecule has 5 nitrogen and oxygen atoms in total. The Morgan fingerprint density at radius 2 is 2.20 bits per heavy atom. The lowest BCUT2D eigenvalue weighted by atomic mass is 10.2. The number of hydrogen-bond acceptors (Lipinski definition) is 7. The molecule has 2 N–H and O–H groups in total. The van der Waals surface area contributed by atoms with Crippen LogP contribution in [0.1, 0.15) is 16.4 Å². The molecule has 0 aromatic carbocycles. The minimum absolute atomic E-state index is 0.664. The van der Waals surface area contributed by atoms with Crippen molar-refractivity contribution in [2.24, 2.45) is 0 Å². The highest BCUT2D eigenvalue weighted by Crippen LogP contribution is 2.33. The van der Waals surface area contributed by atoms with Crippen molar-refractivity contribution in [2.45, 2.75) is 19.9 Å². The van der Waals surface area contributed by atoms with E-state index in [1.807, 2.05) is 6.92 Å². The number of hydrogen-bond donors (Lipinski definition) is 1. The topological polar surface area (TPSA) is 67.9 Å². The van der Waals surface area contributed by atoms with Gasteiger partial charge in [0.1, 0.15) is 5.82 Å². The maximum atomic E-state index is 5.81. The van der Waals surface area contributed by atoms with Gasteiger partial charge in [-0.05, 0) is 18.4 Å². The first-order chi connectivity index (χ1) is 9.70. The second-order valence-corrected chi connectivity index (χ2v) is 6.85. The van der Waals surface area contributed by atoms with Gasteiger partial charge in [-0.15, -0.1) is 22.7 Å². The van der Waals surface area contributed by atoms with Crippen molar-refractivity contribution in [1.29, 1.82) is 0 Å². The normalized spacial score (nSPS) is 14.8. The van der Waals surface area contributed by atoms with E-state index in [0.717, 1.165) is 47.1 Å². The highest BCUT2D eigenvalue weighted by Gasteiger charge is 2.23. The van der Waals surface area contributed by atoms with E-state index in [4.69, 9.17) is 5.73 Å². The molecule has 0 saturated carbocycles. The number of aromatic nitrogens is 3. The lowest BCUT2D eigenvalue weighted by Gasteiger charge is -2.27. The van der Waals surface area contributed by atoms with Crippen LogP contribution in [-0.2, 0) is 13.0 Å². The van der Waals surface area contributed by atoms with Crippen molar-refractivity contribution in [1.82, 2.24) is 15.0 Å². The van der Waals surface area contributed by atoms with Gasteiger partial charge in [0.2, 0.25) is 0 Å². The van der Waals surface area contributed by atoms with Crippen molar-refractivity contribution in [2.75, 3.05) is 17.2 Å². The average Bonchev–Trinajstić information content (AvgIpc) is 3.01. The minimum atomic E-state index is 0.664. The minimum Gasteiger partial charge on any atom is -0.375 e. The van der Waals surface area contributed by atoms with Gasteiger partial charge in [-0.25, -0.2) is 15.0 Å². The zero-order valence-electron chi connectivity index (χ0n) is 11.0. The molecule has 7 heteroatoms. The highest BCUT2D eigenvalue weighted by molar-refractivity contribution is 7.17. The van der Waals surface area contributed by atoms with Crippen molar-refractivity contribution < 1.29 is 0 Å². The fourth-order valence-corrected chi connectivity index (χ4v) is 4.31. The molecule has 1 aliphatic rings. The molecule has 20 heavy (non-hydrogen) atoms. The Balaban J connectivity index is 1.79. The molecule has 0 radical (unpaired) electrons. The first kappa shape index (κ1) is 12.0. The number of nitrogens with two attached hydrogens (primary N) is 1. The Kier molecular flexibility index (Phi) is 2.64. The quantitative estimate of drug-likeness (QED) is 0.748. The van der Waals surface area contributed by atoms with E-state index in [0.29, 0.717) is 5.13 Å². The van der Waals surface area contributed by atoms with Crippen molar-refractivity contribution in [3.8, 4) is 0 Å². The number of nitrogens with zero attached hydrogens (tertiary/aromatic N) is 4. The Morgan fingerprint density at radius 1 is 1.30 bits per heavy atom. The zero-order valence-corrected chi connectivity index (χ0v) is 12.6. The van der Waals surface area contributed by atoms with Crippen molar-refractivity contribution in [3.05, 3.63) is 27.8 Å². The standard InChI is InChI=1S/C13H13N5S2/c1-7-15-9-3-5-19-11(9)12(16-7)18-4-2-8-10(6-18)20-13(14)17-8/h3,5H,2,4,6H2,1H3,(H2,14,17). The van der Waals surface area contributed by atoms with Gasteiger partial charge in [-0.2, -0.15) is 0 Å².